The zero-order valence-electron chi connectivity index (χ0n) is 10.9. The summed E-state index contributed by atoms with van der Waals surface area (Å²) in [6.45, 7) is 6.72. The summed E-state index contributed by atoms with van der Waals surface area (Å²) in [6, 6.07) is 0. The number of rotatable bonds is 6. The molecule has 1 N–H and O–H groups in total. The third-order valence-corrected chi connectivity index (χ3v) is 3.28. The van der Waals surface area contributed by atoms with E-state index in [0.29, 0.717) is 6.10 Å². The highest BCUT2D eigenvalue weighted by Gasteiger charge is 2.14. The number of nitrogens with one attached hydrogen (secondary N) is 1. The molecule has 1 heterocycles. The summed E-state index contributed by atoms with van der Waals surface area (Å²) in [5, 5.41) is 3.34. The summed E-state index contributed by atoms with van der Waals surface area (Å²) in [4.78, 5) is 4.45. The zero-order valence-corrected chi connectivity index (χ0v) is 10.9. The molecule has 0 atom stereocenters. The highest BCUT2D eigenvalue weighted by atomic mass is 16.5. The first kappa shape index (κ1) is 12.4. The molecule has 4 nitrogen and oxygen atoms in total. The van der Waals surface area contributed by atoms with Gasteiger partial charge in [0.2, 0.25) is 5.95 Å². The smallest absolute Gasteiger partial charge is 0.203 e. The third-order valence-electron chi connectivity index (χ3n) is 3.28. The lowest BCUT2D eigenvalue weighted by atomic mass is 10.3. The van der Waals surface area contributed by atoms with Gasteiger partial charge in [0, 0.05) is 19.3 Å². The van der Waals surface area contributed by atoms with Gasteiger partial charge in [-0.3, -0.25) is 0 Å². The van der Waals surface area contributed by atoms with Crippen molar-refractivity contribution < 1.29 is 4.74 Å². The minimum absolute atomic E-state index is 0.504. The molecule has 96 valence electrons. The fourth-order valence-corrected chi connectivity index (χ4v) is 2.37. The van der Waals surface area contributed by atoms with Gasteiger partial charge >= 0.3 is 0 Å². The van der Waals surface area contributed by atoms with E-state index in [2.05, 4.69) is 28.0 Å². The molecule has 17 heavy (non-hydrogen) atoms. The van der Waals surface area contributed by atoms with E-state index in [9.17, 15) is 0 Å². The van der Waals surface area contributed by atoms with Gasteiger partial charge in [0.05, 0.1) is 18.4 Å². The molecular weight excluding hydrogens is 214 g/mol. The van der Waals surface area contributed by atoms with Crippen molar-refractivity contribution in [3.05, 3.63) is 11.9 Å². The second kappa shape index (κ2) is 6.05. The molecule has 0 saturated heterocycles. The first-order chi connectivity index (χ1) is 8.29. The molecular formula is C13H23N3O. The molecule has 0 amide bonds. The molecule has 0 bridgehead atoms. The van der Waals surface area contributed by atoms with Crippen molar-refractivity contribution in [1.29, 1.82) is 0 Å². The Bertz CT molecular complexity index is 342. The molecule has 1 aromatic heterocycles. The number of anilines is 1. The summed E-state index contributed by atoms with van der Waals surface area (Å²) in [6.07, 6.45) is 7.71. The predicted molar refractivity (Wildman–Crippen MR) is 69.3 cm³/mol. The second-order valence-corrected chi connectivity index (χ2v) is 4.70. The van der Waals surface area contributed by atoms with E-state index in [1.807, 2.05) is 6.92 Å². The summed E-state index contributed by atoms with van der Waals surface area (Å²) in [5.74, 6) is 0.958. The lowest BCUT2D eigenvalue weighted by molar-refractivity contribution is 0.0658. The van der Waals surface area contributed by atoms with Crippen LogP contribution in [0.2, 0.25) is 0 Å². The molecule has 0 spiro atoms. The van der Waals surface area contributed by atoms with E-state index < -0.39 is 0 Å². The Morgan fingerprint density at radius 3 is 2.94 bits per heavy atom. The summed E-state index contributed by atoms with van der Waals surface area (Å²) in [5.41, 5.74) is 1.06. The van der Waals surface area contributed by atoms with Gasteiger partial charge in [-0.15, -0.1) is 0 Å². The first-order valence-electron chi connectivity index (χ1n) is 6.69. The van der Waals surface area contributed by atoms with Crippen LogP contribution in [0, 0.1) is 6.92 Å². The van der Waals surface area contributed by atoms with E-state index in [1.165, 1.54) is 25.7 Å². The second-order valence-electron chi connectivity index (χ2n) is 4.70. The lowest BCUT2D eigenvalue weighted by Gasteiger charge is -2.12. The van der Waals surface area contributed by atoms with Crippen LogP contribution in [0.4, 0.5) is 5.95 Å². The molecule has 0 unspecified atom stereocenters. The van der Waals surface area contributed by atoms with Gasteiger partial charge in [0.15, 0.2) is 0 Å². The van der Waals surface area contributed by atoms with Crippen molar-refractivity contribution in [2.24, 2.45) is 0 Å². The maximum absolute atomic E-state index is 5.81. The molecule has 2 rings (SSSR count). The number of aromatic nitrogens is 2. The maximum Gasteiger partial charge on any atom is 0.203 e. The van der Waals surface area contributed by atoms with Crippen molar-refractivity contribution in [3.63, 3.8) is 0 Å². The number of imidazole rings is 1. The summed E-state index contributed by atoms with van der Waals surface area (Å²) < 4.78 is 7.94. The Balaban J connectivity index is 1.70. The Morgan fingerprint density at radius 1 is 1.47 bits per heavy atom. The van der Waals surface area contributed by atoms with Crippen molar-refractivity contribution >= 4 is 5.95 Å². The Kier molecular flexibility index (Phi) is 4.42. The van der Waals surface area contributed by atoms with Gasteiger partial charge in [0.1, 0.15) is 0 Å². The van der Waals surface area contributed by atoms with Crippen LogP contribution in [0.1, 0.15) is 38.3 Å². The topological polar surface area (TPSA) is 39.1 Å². The maximum atomic E-state index is 5.81. The van der Waals surface area contributed by atoms with Crippen LogP contribution in [0.15, 0.2) is 6.20 Å². The van der Waals surface area contributed by atoms with E-state index in [4.69, 9.17) is 4.74 Å². The van der Waals surface area contributed by atoms with E-state index >= 15 is 0 Å². The highest BCUT2D eigenvalue weighted by Crippen LogP contribution is 2.20. The number of hydrogen-bond acceptors (Lipinski definition) is 3. The highest BCUT2D eigenvalue weighted by molar-refractivity contribution is 5.28. The minimum Gasteiger partial charge on any atom is -0.376 e. The molecule has 0 aromatic carbocycles. The van der Waals surface area contributed by atoms with Crippen LogP contribution in [0.25, 0.3) is 0 Å². The van der Waals surface area contributed by atoms with Gasteiger partial charge in [-0.2, -0.15) is 0 Å². The molecule has 1 fully saturated rings. The standard InChI is InChI=1S/C13H23N3O/c1-3-16-10-11(2)15-13(16)14-8-9-17-12-6-4-5-7-12/h10,12H,3-9H2,1-2H3,(H,14,15). The first-order valence-corrected chi connectivity index (χ1v) is 6.69. The van der Waals surface area contributed by atoms with E-state index in [-0.39, 0.29) is 0 Å². The monoisotopic (exact) mass is 237 g/mol. The fourth-order valence-electron chi connectivity index (χ4n) is 2.37. The molecule has 1 aromatic rings. The van der Waals surface area contributed by atoms with Gasteiger partial charge in [-0.25, -0.2) is 4.98 Å². The Hall–Kier alpha value is -1.03. The van der Waals surface area contributed by atoms with Gasteiger partial charge in [-0.05, 0) is 26.7 Å². The average molecular weight is 237 g/mol. The van der Waals surface area contributed by atoms with Gasteiger partial charge in [-0.1, -0.05) is 12.8 Å². The number of hydrogen-bond donors (Lipinski definition) is 1. The van der Waals surface area contributed by atoms with Gasteiger partial charge in [0.25, 0.3) is 0 Å². The average Bonchev–Trinajstić information content (AvgIpc) is 2.93. The van der Waals surface area contributed by atoms with Crippen molar-refractivity contribution in [2.45, 2.75) is 52.2 Å². The molecule has 0 radical (unpaired) electrons. The van der Waals surface area contributed by atoms with E-state index in [0.717, 1.165) is 31.3 Å². The van der Waals surface area contributed by atoms with Crippen molar-refractivity contribution in [3.8, 4) is 0 Å². The van der Waals surface area contributed by atoms with Crippen LogP contribution in [0.5, 0.6) is 0 Å². The molecule has 0 aliphatic heterocycles. The van der Waals surface area contributed by atoms with Crippen molar-refractivity contribution in [1.82, 2.24) is 9.55 Å². The number of aryl methyl sites for hydroxylation is 2. The van der Waals surface area contributed by atoms with Crippen molar-refractivity contribution in [2.75, 3.05) is 18.5 Å². The van der Waals surface area contributed by atoms with E-state index in [1.54, 1.807) is 0 Å². The molecule has 4 heteroatoms. The largest absolute Gasteiger partial charge is 0.376 e. The number of ether oxygens (including phenoxy) is 1. The zero-order chi connectivity index (χ0) is 12.1. The predicted octanol–water partition coefficient (Wildman–Crippen LogP) is 2.58. The Morgan fingerprint density at radius 2 is 2.24 bits per heavy atom. The lowest BCUT2D eigenvalue weighted by Crippen LogP contribution is -2.17. The molecule has 1 aliphatic rings. The Labute approximate surface area is 103 Å². The third kappa shape index (κ3) is 3.46. The normalized spacial score (nSPS) is 16.6. The van der Waals surface area contributed by atoms with Crippen LogP contribution in [-0.2, 0) is 11.3 Å². The minimum atomic E-state index is 0.504. The SMILES string of the molecule is CCn1cc(C)nc1NCCOC1CCCC1. The van der Waals surface area contributed by atoms with Crippen LogP contribution in [0.3, 0.4) is 0 Å². The van der Waals surface area contributed by atoms with Crippen LogP contribution < -0.4 is 5.32 Å². The van der Waals surface area contributed by atoms with Gasteiger partial charge < -0.3 is 14.6 Å². The summed E-state index contributed by atoms with van der Waals surface area (Å²) >= 11 is 0. The van der Waals surface area contributed by atoms with Crippen LogP contribution >= 0.6 is 0 Å². The molecule has 1 aliphatic carbocycles. The fraction of sp³-hybridized carbons (Fsp3) is 0.769. The quantitative estimate of drug-likeness (QED) is 0.773. The van der Waals surface area contributed by atoms with Crippen LogP contribution in [-0.4, -0.2) is 28.8 Å². The summed E-state index contributed by atoms with van der Waals surface area (Å²) in [7, 11) is 0. The number of nitrogens with zero attached hydrogens (tertiary/aromatic N) is 2. The molecule has 1 saturated carbocycles.